The van der Waals surface area contributed by atoms with E-state index in [0.29, 0.717) is 28.0 Å². The molecule has 5 heterocycles. The highest BCUT2D eigenvalue weighted by atomic mass is 19.1. The average molecular weight is 457 g/mol. The minimum atomic E-state index is -0.448. The van der Waals surface area contributed by atoms with Gasteiger partial charge in [-0.2, -0.15) is 5.10 Å². The molecule has 0 atom stereocenters. The minimum absolute atomic E-state index is 0.233. The maximum absolute atomic E-state index is 15.9. The third-order valence-electron chi connectivity index (χ3n) is 6.47. The van der Waals surface area contributed by atoms with Crippen LogP contribution in [-0.4, -0.2) is 57.3 Å². The molecule has 172 valence electrons. The molecule has 6 rings (SSSR count). The van der Waals surface area contributed by atoms with Crippen LogP contribution >= 0.6 is 0 Å². The zero-order valence-electron chi connectivity index (χ0n) is 19.1. The SMILES string of the molecule is CN(C)c1cncc(-c2ncc3[nH]nc(-c4nc5c(N6CCCCC6)cccc5[nH]4)c3c2F)c1. The lowest BCUT2D eigenvalue weighted by Crippen LogP contribution is -2.29. The first-order valence-corrected chi connectivity index (χ1v) is 11.5. The van der Waals surface area contributed by atoms with E-state index in [0.717, 1.165) is 35.5 Å². The highest BCUT2D eigenvalue weighted by molar-refractivity contribution is 5.97. The number of piperidine rings is 1. The van der Waals surface area contributed by atoms with Gasteiger partial charge in [0.1, 0.15) is 16.9 Å². The van der Waals surface area contributed by atoms with E-state index in [-0.39, 0.29) is 5.69 Å². The van der Waals surface area contributed by atoms with Crippen molar-refractivity contribution in [2.45, 2.75) is 19.3 Å². The fourth-order valence-corrected chi connectivity index (χ4v) is 4.67. The summed E-state index contributed by atoms with van der Waals surface area (Å²) in [5, 5.41) is 7.68. The van der Waals surface area contributed by atoms with Crippen molar-refractivity contribution >= 4 is 33.3 Å². The molecule has 1 aliphatic rings. The highest BCUT2D eigenvalue weighted by Crippen LogP contribution is 2.35. The smallest absolute Gasteiger partial charge is 0.161 e. The monoisotopic (exact) mass is 456 g/mol. The number of nitrogens with one attached hydrogen (secondary N) is 2. The summed E-state index contributed by atoms with van der Waals surface area (Å²) in [5.74, 6) is 0.0811. The number of anilines is 2. The van der Waals surface area contributed by atoms with Gasteiger partial charge in [0.05, 0.1) is 40.2 Å². The molecule has 5 aromatic rings. The summed E-state index contributed by atoms with van der Waals surface area (Å²) < 4.78 is 15.9. The zero-order valence-corrected chi connectivity index (χ0v) is 19.1. The van der Waals surface area contributed by atoms with Gasteiger partial charge < -0.3 is 14.8 Å². The topological polar surface area (TPSA) is 89.6 Å². The molecule has 0 saturated carbocycles. The van der Waals surface area contributed by atoms with Gasteiger partial charge in [0.15, 0.2) is 11.6 Å². The van der Waals surface area contributed by atoms with Crippen molar-refractivity contribution < 1.29 is 4.39 Å². The van der Waals surface area contributed by atoms with E-state index < -0.39 is 5.82 Å². The molecule has 1 fully saturated rings. The van der Waals surface area contributed by atoms with Gasteiger partial charge in [-0.15, -0.1) is 0 Å². The number of nitrogens with zero attached hydrogens (tertiary/aromatic N) is 6. The summed E-state index contributed by atoms with van der Waals surface area (Å²) >= 11 is 0. The Morgan fingerprint density at radius 3 is 2.68 bits per heavy atom. The van der Waals surface area contributed by atoms with E-state index in [2.05, 4.69) is 36.1 Å². The van der Waals surface area contributed by atoms with Crippen molar-refractivity contribution in [3.05, 3.63) is 48.7 Å². The first kappa shape index (κ1) is 20.6. The van der Waals surface area contributed by atoms with Crippen LogP contribution in [0.5, 0.6) is 0 Å². The molecule has 1 aromatic carbocycles. The standard InChI is InChI=1S/C25H25FN8/c1-33(2)16-11-15(12-27-13-16)22-21(26)20-18(14-28-22)31-32-24(20)25-29-17-7-6-8-19(23(17)30-25)34-9-4-3-5-10-34/h6-8,11-14H,3-5,9-10H2,1-2H3,(H,29,30)(H,31,32). The zero-order chi connectivity index (χ0) is 23.2. The Morgan fingerprint density at radius 2 is 1.85 bits per heavy atom. The second-order valence-electron chi connectivity index (χ2n) is 8.91. The van der Waals surface area contributed by atoms with E-state index >= 15 is 4.39 Å². The Morgan fingerprint density at radius 1 is 1.00 bits per heavy atom. The van der Waals surface area contributed by atoms with Crippen molar-refractivity contribution in [2.24, 2.45) is 0 Å². The Hall–Kier alpha value is -4.01. The van der Waals surface area contributed by atoms with Crippen LogP contribution in [0.1, 0.15) is 19.3 Å². The predicted octanol–water partition coefficient (Wildman–Crippen LogP) is 4.76. The van der Waals surface area contributed by atoms with Crippen LogP contribution in [0.3, 0.4) is 0 Å². The maximum atomic E-state index is 15.9. The number of imidazole rings is 1. The average Bonchev–Trinajstić information content (AvgIpc) is 3.49. The van der Waals surface area contributed by atoms with Gasteiger partial charge in [-0.05, 0) is 37.5 Å². The predicted molar refractivity (Wildman–Crippen MR) is 133 cm³/mol. The molecule has 0 amide bonds. The number of halogens is 1. The molecule has 1 aliphatic heterocycles. The molecule has 0 bridgehead atoms. The molecule has 0 radical (unpaired) electrons. The number of rotatable bonds is 4. The van der Waals surface area contributed by atoms with E-state index in [9.17, 15) is 0 Å². The van der Waals surface area contributed by atoms with Gasteiger partial charge in [-0.1, -0.05) is 6.07 Å². The van der Waals surface area contributed by atoms with Crippen molar-refractivity contribution in [2.75, 3.05) is 37.0 Å². The van der Waals surface area contributed by atoms with Gasteiger partial charge in [0.25, 0.3) is 0 Å². The molecule has 0 aliphatic carbocycles. The lowest BCUT2D eigenvalue weighted by Gasteiger charge is -2.28. The fourth-order valence-electron chi connectivity index (χ4n) is 4.67. The van der Waals surface area contributed by atoms with Crippen molar-refractivity contribution in [3.63, 3.8) is 0 Å². The first-order valence-electron chi connectivity index (χ1n) is 11.5. The number of fused-ring (bicyclic) bond motifs is 2. The number of hydrogen-bond donors (Lipinski definition) is 2. The Kier molecular flexibility index (Phi) is 4.90. The maximum Gasteiger partial charge on any atom is 0.161 e. The molecular formula is C25H25FN8. The normalized spacial score (nSPS) is 14.3. The second kappa shape index (κ2) is 8.09. The molecule has 9 heteroatoms. The van der Waals surface area contributed by atoms with Crippen LogP contribution in [0.25, 0.3) is 44.7 Å². The van der Waals surface area contributed by atoms with Crippen molar-refractivity contribution in [1.29, 1.82) is 0 Å². The number of H-pyrrole nitrogens is 2. The van der Waals surface area contributed by atoms with Gasteiger partial charge in [-0.25, -0.2) is 9.37 Å². The molecule has 8 nitrogen and oxygen atoms in total. The van der Waals surface area contributed by atoms with Gasteiger partial charge in [0, 0.05) is 38.9 Å². The molecule has 2 N–H and O–H groups in total. The summed E-state index contributed by atoms with van der Waals surface area (Å²) in [6, 6.07) is 8.00. The van der Waals surface area contributed by atoms with Crippen LogP contribution in [0.2, 0.25) is 0 Å². The van der Waals surface area contributed by atoms with Crippen molar-refractivity contribution in [3.8, 4) is 22.8 Å². The summed E-state index contributed by atoms with van der Waals surface area (Å²) in [7, 11) is 3.84. The number of para-hydroxylation sites is 1. The van der Waals surface area contributed by atoms with Crippen LogP contribution in [0, 0.1) is 5.82 Å². The van der Waals surface area contributed by atoms with E-state index in [1.807, 2.05) is 37.2 Å². The number of hydrogen-bond acceptors (Lipinski definition) is 6. The minimum Gasteiger partial charge on any atom is -0.376 e. The largest absolute Gasteiger partial charge is 0.376 e. The lowest BCUT2D eigenvalue weighted by atomic mass is 10.1. The number of aromatic nitrogens is 6. The number of pyridine rings is 2. The van der Waals surface area contributed by atoms with Gasteiger partial charge >= 0.3 is 0 Å². The summed E-state index contributed by atoms with van der Waals surface area (Å²) in [5.41, 5.74) is 5.56. The number of aromatic amines is 2. The van der Waals surface area contributed by atoms with Gasteiger partial charge in [0.2, 0.25) is 0 Å². The first-order chi connectivity index (χ1) is 16.6. The quantitative estimate of drug-likeness (QED) is 0.405. The molecule has 1 saturated heterocycles. The van der Waals surface area contributed by atoms with Gasteiger partial charge in [-0.3, -0.25) is 15.1 Å². The summed E-state index contributed by atoms with van der Waals surface area (Å²) in [4.78, 5) is 21.2. The molecular weight excluding hydrogens is 431 g/mol. The van der Waals surface area contributed by atoms with Crippen LogP contribution in [-0.2, 0) is 0 Å². The highest BCUT2D eigenvalue weighted by Gasteiger charge is 2.22. The van der Waals surface area contributed by atoms with Crippen LogP contribution in [0.15, 0.2) is 42.9 Å². The Balaban J connectivity index is 1.48. The summed E-state index contributed by atoms with van der Waals surface area (Å²) in [6.45, 7) is 2.05. The second-order valence-corrected chi connectivity index (χ2v) is 8.91. The molecule has 4 aromatic heterocycles. The van der Waals surface area contributed by atoms with E-state index in [4.69, 9.17) is 4.98 Å². The molecule has 0 unspecified atom stereocenters. The summed E-state index contributed by atoms with van der Waals surface area (Å²) in [6.07, 6.45) is 8.59. The van der Waals surface area contributed by atoms with Crippen molar-refractivity contribution in [1.82, 2.24) is 30.1 Å². The fraction of sp³-hybridized carbons (Fsp3) is 0.280. The molecule has 0 spiro atoms. The van der Waals surface area contributed by atoms with E-state index in [1.165, 1.54) is 19.3 Å². The third kappa shape index (κ3) is 3.35. The Labute approximate surface area is 195 Å². The van der Waals surface area contributed by atoms with E-state index in [1.54, 1.807) is 18.6 Å². The van der Waals surface area contributed by atoms with Crippen LogP contribution < -0.4 is 9.80 Å². The molecule has 34 heavy (non-hydrogen) atoms. The third-order valence-corrected chi connectivity index (χ3v) is 6.47. The lowest BCUT2D eigenvalue weighted by molar-refractivity contribution is 0.579. The Bertz CT molecular complexity index is 1500. The number of benzene rings is 1. The van der Waals surface area contributed by atoms with Crippen LogP contribution in [0.4, 0.5) is 15.8 Å².